The lowest BCUT2D eigenvalue weighted by atomic mass is 9.51. The van der Waals surface area contributed by atoms with E-state index < -0.39 is 11.6 Å². The van der Waals surface area contributed by atoms with Crippen LogP contribution < -0.4 is 5.32 Å². The highest BCUT2D eigenvalue weighted by atomic mass is 35.5. The summed E-state index contributed by atoms with van der Waals surface area (Å²) in [5, 5.41) is 3.56. The minimum absolute atomic E-state index is 0. The molecule has 4 rings (SSSR count). The Morgan fingerprint density at radius 3 is 2.38 bits per heavy atom. The lowest BCUT2D eigenvalue weighted by Gasteiger charge is -2.61. The molecule has 1 saturated heterocycles. The Hall–Kier alpha value is -1.40. The van der Waals surface area contributed by atoms with Gasteiger partial charge in [0.2, 0.25) is 0 Å². The van der Waals surface area contributed by atoms with Crippen LogP contribution >= 0.6 is 24.8 Å². The Morgan fingerprint density at radius 2 is 1.74 bits per heavy atom. The van der Waals surface area contributed by atoms with E-state index >= 15 is 0 Å². The van der Waals surface area contributed by atoms with Crippen molar-refractivity contribution in [1.29, 1.82) is 0 Å². The predicted octanol–water partition coefficient (Wildman–Crippen LogP) is 6.76. The van der Waals surface area contributed by atoms with Crippen LogP contribution in [-0.2, 0) is 23.2 Å². The van der Waals surface area contributed by atoms with E-state index in [2.05, 4.69) is 56.1 Å². The van der Waals surface area contributed by atoms with Gasteiger partial charge in [-0.25, -0.2) is 8.78 Å². The van der Waals surface area contributed by atoms with Crippen molar-refractivity contribution in [1.82, 2.24) is 4.90 Å². The molecule has 0 radical (unpaired) electrons. The Morgan fingerprint density at radius 1 is 1.09 bits per heavy atom. The minimum atomic E-state index is -0.549. The number of ether oxygens (including phenoxy) is 1. The fourth-order valence-electron chi connectivity index (χ4n) is 5.91. The van der Waals surface area contributed by atoms with Crippen LogP contribution in [0.2, 0.25) is 0 Å². The Kier molecular flexibility index (Phi) is 9.42. The Labute approximate surface area is 215 Å². The molecular formula is C27H38Cl2F2N2O. The molecule has 1 heterocycles. The van der Waals surface area contributed by atoms with Crippen LogP contribution in [-0.4, -0.2) is 36.7 Å². The molecule has 34 heavy (non-hydrogen) atoms. The molecule has 0 saturated carbocycles. The summed E-state index contributed by atoms with van der Waals surface area (Å²) in [6, 6.07) is 11.0. The molecule has 3 nitrogen and oxygen atoms in total. The zero-order chi connectivity index (χ0) is 23.1. The lowest BCUT2D eigenvalue weighted by molar-refractivity contribution is -0.0651. The molecule has 1 aliphatic heterocycles. The van der Waals surface area contributed by atoms with Gasteiger partial charge in [0.05, 0.1) is 12.7 Å². The molecule has 0 aromatic heterocycles. The van der Waals surface area contributed by atoms with Crippen LogP contribution in [0.3, 0.4) is 0 Å². The summed E-state index contributed by atoms with van der Waals surface area (Å²) in [4.78, 5) is 2.54. The quantitative estimate of drug-likeness (QED) is 0.441. The normalized spacial score (nSPS) is 23.8. The first-order valence-corrected chi connectivity index (χ1v) is 11.8. The van der Waals surface area contributed by atoms with Gasteiger partial charge >= 0.3 is 0 Å². The topological polar surface area (TPSA) is 24.5 Å². The number of anilines is 1. The largest absolute Gasteiger partial charge is 0.385 e. The monoisotopic (exact) mass is 514 g/mol. The highest BCUT2D eigenvalue weighted by molar-refractivity contribution is 5.85. The van der Waals surface area contributed by atoms with E-state index in [1.807, 2.05) is 6.92 Å². The minimum Gasteiger partial charge on any atom is -0.385 e. The number of nitrogens with zero attached hydrogens (tertiary/aromatic N) is 1. The molecule has 1 unspecified atom stereocenters. The highest BCUT2D eigenvalue weighted by Crippen LogP contribution is 2.57. The number of likely N-dealkylation sites (tertiary alicyclic amines) is 1. The second-order valence-electron chi connectivity index (χ2n) is 10.2. The highest BCUT2D eigenvalue weighted by Gasteiger charge is 2.56. The molecule has 7 heteroatoms. The smallest absolute Gasteiger partial charge is 0.131 e. The van der Waals surface area contributed by atoms with Gasteiger partial charge in [-0.15, -0.1) is 24.8 Å². The van der Waals surface area contributed by atoms with Crippen molar-refractivity contribution in [2.45, 2.75) is 71.6 Å². The summed E-state index contributed by atoms with van der Waals surface area (Å²) in [5.41, 5.74) is 4.38. The van der Waals surface area contributed by atoms with Gasteiger partial charge in [0.1, 0.15) is 11.6 Å². The van der Waals surface area contributed by atoms with Crippen molar-refractivity contribution >= 4 is 30.5 Å². The van der Waals surface area contributed by atoms with Crippen LogP contribution in [0.1, 0.15) is 57.7 Å². The second kappa shape index (κ2) is 11.1. The summed E-state index contributed by atoms with van der Waals surface area (Å²) in [5.74, 6) is -1.10. The predicted molar refractivity (Wildman–Crippen MR) is 141 cm³/mol. The van der Waals surface area contributed by atoms with E-state index in [1.54, 1.807) is 0 Å². The third kappa shape index (κ3) is 4.95. The molecule has 0 amide bonds. The van der Waals surface area contributed by atoms with Crippen molar-refractivity contribution in [3.63, 3.8) is 0 Å². The summed E-state index contributed by atoms with van der Waals surface area (Å²) in [7, 11) is 0. The van der Waals surface area contributed by atoms with E-state index in [0.717, 1.165) is 32.5 Å². The van der Waals surface area contributed by atoms with Crippen molar-refractivity contribution in [3.05, 3.63) is 64.7 Å². The Bertz CT molecular complexity index is 967. The zero-order valence-electron chi connectivity index (χ0n) is 20.8. The summed E-state index contributed by atoms with van der Waals surface area (Å²) in [6.45, 7) is 14.0. The number of rotatable bonds is 7. The van der Waals surface area contributed by atoms with E-state index in [4.69, 9.17) is 4.74 Å². The van der Waals surface area contributed by atoms with Crippen LogP contribution in [0.4, 0.5) is 14.5 Å². The van der Waals surface area contributed by atoms with Gasteiger partial charge < -0.3 is 10.1 Å². The van der Waals surface area contributed by atoms with Gasteiger partial charge in [0.25, 0.3) is 0 Å². The van der Waals surface area contributed by atoms with E-state index in [1.165, 1.54) is 35.0 Å². The summed E-state index contributed by atoms with van der Waals surface area (Å²) in [6.07, 6.45) is 1.95. The molecular weight excluding hydrogens is 477 g/mol. The number of nitrogens with one attached hydrogen (secondary N) is 1. The molecule has 2 bridgehead atoms. The molecule has 2 aromatic carbocycles. The maximum atomic E-state index is 14.0. The average Bonchev–Trinajstić information content (AvgIpc) is 2.73. The van der Waals surface area contributed by atoms with E-state index in [-0.39, 0.29) is 53.9 Å². The second-order valence-corrected chi connectivity index (χ2v) is 10.2. The molecule has 1 fully saturated rings. The number of piperidine rings is 1. The third-order valence-corrected chi connectivity index (χ3v) is 8.20. The van der Waals surface area contributed by atoms with E-state index in [0.29, 0.717) is 6.04 Å². The molecule has 0 spiro atoms. The molecule has 1 aliphatic carbocycles. The van der Waals surface area contributed by atoms with Crippen molar-refractivity contribution in [2.24, 2.45) is 5.41 Å². The average molecular weight is 516 g/mol. The van der Waals surface area contributed by atoms with Crippen molar-refractivity contribution in [3.8, 4) is 0 Å². The standard InChI is InChI=1S/C27H36F2N2O.2ClH/c1-6-30-24-12-7-9-21-19(24)15-25-26(3,4)27(21,5)13-14-31(25)16-18(2)32-17-20-22(28)10-8-11-23(20)29;;/h7-12,18,25,30H,6,13-17H2,1-5H3;2*1H/t18?,25-,27+;;/m1../s1. The molecule has 2 aromatic rings. The maximum Gasteiger partial charge on any atom is 0.131 e. The molecule has 2 aliphatic rings. The fraction of sp³-hybridized carbons (Fsp3) is 0.556. The van der Waals surface area contributed by atoms with Crippen LogP contribution in [0.5, 0.6) is 0 Å². The number of halogens is 4. The van der Waals surface area contributed by atoms with Crippen LogP contribution in [0.25, 0.3) is 0 Å². The number of hydrogen-bond donors (Lipinski definition) is 1. The van der Waals surface area contributed by atoms with Crippen molar-refractivity contribution in [2.75, 3.05) is 25.0 Å². The summed E-state index contributed by atoms with van der Waals surface area (Å²) >= 11 is 0. The lowest BCUT2D eigenvalue weighted by Crippen LogP contribution is -2.64. The third-order valence-electron chi connectivity index (χ3n) is 8.20. The molecule has 1 N–H and O–H groups in total. The maximum absolute atomic E-state index is 14.0. The number of fused-ring (bicyclic) bond motifs is 4. The van der Waals surface area contributed by atoms with Crippen molar-refractivity contribution < 1.29 is 13.5 Å². The zero-order valence-corrected chi connectivity index (χ0v) is 22.4. The first kappa shape index (κ1) is 28.8. The van der Waals surface area contributed by atoms with Crippen LogP contribution in [0.15, 0.2) is 36.4 Å². The SMILES string of the molecule is CCNc1cccc2c1C[C@H]1N(CC(C)OCc3c(F)cccc3F)CC[C@]2(C)C1(C)C.Cl.Cl. The van der Waals surface area contributed by atoms with E-state index in [9.17, 15) is 8.78 Å². The van der Waals surface area contributed by atoms with Gasteiger partial charge in [0.15, 0.2) is 0 Å². The first-order chi connectivity index (χ1) is 15.2. The first-order valence-electron chi connectivity index (χ1n) is 11.8. The van der Waals surface area contributed by atoms with Gasteiger partial charge in [0, 0.05) is 35.8 Å². The van der Waals surface area contributed by atoms with Gasteiger partial charge in [-0.3, -0.25) is 4.90 Å². The van der Waals surface area contributed by atoms with Gasteiger partial charge in [-0.2, -0.15) is 0 Å². The van der Waals surface area contributed by atoms with Crippen LogP contribution in [0, 0.1) is 17.0 Å². The number of benzene rings is 2. The number of hydrogen-bond acceptors (Lipinski definition) is 3. The Balaban J connectivity index is 0.00000204. The molecule has 190 valence electrons. The summed E-state index contributed by atoms with van der Waals surface area (Å²) < 4.78 is 33.9. The van der Waals surface area contributed by atoms with Gasteiger partial charge in [-0.05, 0) is 68.0 Å². The fourth-order valence-corrected chi connectivity index (χ4v) is 5.91. The van der Waals surface area contributed by atoms with Gasteiger partial charge in [-0.1, -0.05) is 39.0 Å². The molecule has 3 atom stereocenters.